The van der Waals surface area contributed by atoms with E-state index in [1.807, 2.05) is 0 Å². The first-order valence-corrected chi connectivity index (χ1v) is 5.83. The Balaban J connectivity index is 5.34. The average Bonchev–Trinajstić information content (AvgIpc) is 2.11. The van der Waals surface area contributed by atoms with E-state index in [2.05, 4.69) is 0 Å². The van der Waals surface area contributed by atoms with Crippen molar-refractivity contribution < 1.29 is 53.9 Å². The quantitative estimate of drug-likeness (QED) is 0.601. The van der Waals surface area contributed by atoms with E-state index in [1.165, 1.54) is 0 Å². The molecule has 0 heterocycles. The zero-order valence-corrected chi connectivity index (χ0v) is 9.46. The third kappa shape index (κ3) is 3.76. The summed E-state index contributed by atoms with van der Waals surface area (Å²) in [5.41, 5.74) is -6.49. The van der Waals surface area contributed by atoms with Crippen LogP contribution in [0.5, 0.6) is 0 Å². The summed E-state index contributed by atoms with van der Waals surface area (Å²) in [5.74, 6) is -12.6. The van der Waals surface area contributed by atoms with Crippen LogP contribution in [-0.4, -0.2) is 33.5 Å². The van der Waals surface area contributed by atoms with Crippen molar-refractivity contribution in [1.29, 1.82) is 0 Å². The highest BCUT2D eigenvalue weighted by Gasteiger charge is 2.78. The van der Waals surface area contributed by atoms with E-state index in [4.69, 9.17) is 9.79 Å². The Labute approximate surface area is 99.1 Å². The molecule has 2 N–H and O–H groups in total. The molecule has 0 aliphatic rings. The number of rotatable bonds is 5. The second kappa shape index (κ2) is 4.81. The van der Waals surface area contributed by atoms with Crippen molar-refractivity contribution in [3.05, 3.63) is 0 Å². The fourth-order valence-corrected chi connectivity index (χ4v) is 1.39. The lowest BCUT2D eigenvalue weighted by atomic mass is 10.1. The van der Waals surface area contributed by atoms with E-state index in [-0.39, 0.29) is 0 Å². The van der Waals surface area contributed by atoms with Crippen LogP contribution >= 0.6 is 7.60 Å². The van der Waals surface area contributed by atoms with Crippen LogP contribution in [0.15, 0.2) is 0 Å². The molecular formula is C6H6F9O3P. The average molecular weight is 328 g/mol. The Morgan fingerprint density at radius 2 is 1.16 bits per heavy atom. The lowest BCUT2D eigenvalue weighted by Crippen LogP contribution is -2.54. The van der Waals surface area contributed by atoms with Crippen LogP contribution in [0.1, 0.15) is 12.8 Å². The van der Waals surface area contributed by atoms with Crippen molar-refractivity contribution in [3.63, 3.8) is 0 Å². The summed E-state index contributed by atoms with van der Waals surface area (Å²) in [6, 6.07) is 0. The predicted octanol–water partition coefficient (Wildman–Crippen LogP) is 3.37. The van der Waals surface area contributed by atoms with Gasteiger partial charge in [-0.05, 0) is 0 Å². The van der Waals surface area contributed by atoms with E-state index in [9.17, 15) is 44.1 Å². The van der Waals surface area contributed by atoms with Gasteiger partial charge in [0.25, 0.3) is 0 Å². The van der Waals surface area contributed by atoms with Crippen molar-refractivity contribution in [2.75, 3.05) is 0 Å². The maximum Gasteiger partial charge on any atom is 0.413 e. The molecular weight excluding hydrogens is 322 g/mol. The Kier molecular flexibility index (Phi) is 4.69. The Bertz CT molecular complexity index is 371. The van der Waals surface area contributed by atoms with Crippen LogP contribution in [-0.2, 0) is 4.57 Å². The van der Waals surface area contributed by atoms with Crippen LogP contribution in [0.25, 0.3) is 0 Å². The largest absolute Gasteiger partial charge is 0.413 e. The third-order valence-corrected chi connectivity index (χ3v) is 2.94. The number of halogens is 9. The molecule has 0 fully saturated rings. The first-order valence-electron chi connectivity index (χ1n) is 4.21. The number of hydrogen-bond donors (Lipinski definition) is 2. The van der Waals surface area contributed by atoms with Gasteiger partial charge in [-0.2, -0.15) is 39.5 Å². The van der Waals surface area contributed by atoms with Crippen molar-refractivity contribution in [1.82, 2.24) is 0 Å². The second-order valence-electron chi connectivity index (χ2n) is 3.48. The van der Waals surface area contributed by atoms with E-state index in [0.717, 1.165) is 0 Å². The monoisotopic (exact) mass is 328 g/mol. The first kappa shape index (κ1) is 18.5. The van der Waals surface area contributed by atoms with E-state index < -0.39 is 44.1 Å². The summed E-state index contributed by atoms with van der Waals surface area (Å²) in [6.45, 7) is 0. The molecule has 116 valence electrons. The van der Waals surface area contributed by atoms with Crippen LogP contribution in [0.4, 0.5) is 39.5 Å². The smallest absolute Gasteiger partial charge is 0.320 e. The molecule has 0 aromatic carbocycles. The minimum atomic E-state index is -7.00. The molecule has 0 unspecified atom stereocenters. The standard InChI is InChI=1S/C6H6F9O3P/c7-3(8,1-2-4(9,10)11)5(12,13)6(14,15)19(16,17)18/h1-2H2,(H2,16,17,18). The Morgan fingerprint density at radius 3 is 1.42 bits per heavy atom. The maximum atomic E-state index is 12.7. The molecule has 0 radical (unpaired) electrons. The SMILES string of the molecule is O=P(O)(O)C(F)(F)C(F)(F)C(F)(F)CCC(F)(F)F. The Morgan fingerprint density at radius 1 is 0.789 bits per heavy atom. The fraction of sp³-hybridized carbons (Fsp3) is 1.00. The summed E-state index contributed by atoms with van der Waals surface area (Å²) >= 11 is 0. The van der Waals surface area contributed by atoms with Gasteiger partial charge >= 0.3 is 31.3 Å². The van der Waals surface area contributed by atoms with Gasteiger partial charge in [0.1, 0.15) is 0 Å². The highest BCUT2D eigenvalue weighted by molar-refractivity contribution is 7.53. The molecule has 19 heavy (non-hydrogen) atoms. The van der Waals surface area contributed by atoms with Gasteiger partial charge in [0.15, 0.2) is 0 Å². The van der Waals surface area contributed by atoms with Crippen molar-refractivity contribution in [3.8, 4) is 0 Å². The van der Waals surface area contributed by atoms with E-state index in [1.54, 1.807) is 0 Å². The van der Waals surface area contributed by atoms with Gasteiger partial charge in [-0.25, -0.2) is 0 Å². The van der Waals surface area contributed by atoms with Gasteiger partial charge in [0.2, 0.25) is 0 Å². The van der Waals surface area contributed by atoms with E-state index in [0.29, 0.717) is 0 Å². The molecule has 0 amide bonds. The molecule has 0 aromatic rings. The van der Waals surface area contributed by atoms with Gasteiger partial charge in [-0.15, -0.1) is 0 Å². The summed E-state index contributed by atoms with van der Waals surface area (Å²) in [4.78, 5) is 15.8. The minimum absolute atomic E-state index is 2.52. The molecule has 0 rings (SSSR count). The lowest BCUT2D eigenvalue weighted by Gasteiger charge is -2.32. The first-order chi connectivity index (χ1) is 7.96. The van der Waals surface area contributed by atoms with Crippen molar-refractivity contribution >= 4 is 7.60 Å². The molecule has 0 aliphatic heterocycles. The molecule has 0 aromatic heterocycles. The fourth-order valence-electron chi connectivity index (χ4n) is 0.859. The molecule has 0 bridgehead atoms. The zero-order chi connectivity index (χ0) is 15.9. The minimum Gasteiger partial charge on any atom is -0.320 e. The molecule has 0 atom stereocenters. The number of hydrogen-bond acceptors (Lipinski definition) is 1. The molecule has 0 saturated carbocycles. The molecule has 0 saturated heterocycles. The molecule has 3 nitrogen and oxygen atoms in total. The molecule has 13 heteroatoms. The summed E-state index contributed by atoms with van der Waals surface area (Å²) < 4.78 is 121. The van der Waals surface area contributed by atoms with Crippen LogP contribution in [0, 0.1) is 0 Å². The van der Waals surface area contributed by atoms with Gasteiger partial charge < -0.3 is 9.79 Å². The summed E-state index contributed by atoms with van der Waals surface area (Å²) in [5, 5.41) is 0. The molecule has 0 spiro atoms. The van der Waals surface area contributed by atoms with Gasteiger partial charge in [-0.1, -0.05) is 0 Å². The van der Waals surface area contributed by atoms with Crippen LogP contribution < -0.4 is 0 Å². The molecule has 0 aliphatic carbocycles. The van der Waals surface area contributed by atoms with Crippen LogP contribution in [0.2, 0.25) is 0 Å². The van der Waals surface area contributed by atoms with Gasteiger partial charge in [-0.3, -0.25) is 4.57 Å². The van der Waals surface area contributed by atoms with Gasteiger partial charge in [0, 0.05) is 12.8 Å². The van der Waals surface area contributed by atoms with Crippen LogP contribution in [0.3, 0.4) is 0 Å². The van der Waals surface area contributed by atoms with Gasteiger partial charge in [0.05, 0.1) is 0 Å². The summed E-state index contributed by atoms with van der Waals surface area (Å²) in [7, 11) is -7.00. The predicted molar refractivity (Wildman–Crippen MR) is 42.2 cm³/mol. The Hall–Kier alpha value is -0.480. The topological polar surface area (TPSA) is 57.5 Å². The second-order valence-corrected chi connectivity index (χ2v) is 5.13. The van der Waals surface area contributed by atoms with Crippen molar-refractivity contribution in [2.24, 2.45) is 0 Å². The van der Waals surface area contributed by atoms with E-state index >= 15 is 0 Å². The zero-order valence-electron chi connectivity index (χ0n) is 8.57. The highest BCUT2D eigenvalue weighted by atomic mass is 31.2. The number of alkyl halides is 9. The highest BCUT2D eigenvalue weighted by Crippen LogP contribution is 2.64. The summed E-state index contributed by atoms with van der Waals surface area (Å²) in [6.07, 6.45) is -10.6. The van der Waals surface area contributed by atoms with Crippen molar-refractivity contribution in [2.45, 2.75) is 36.5 Å². The maximum absolute atomic E-state index is 12.7. The normalized spacial score (nSPS) is 15.7. The lowest BCUT2D eigenvalue weighted by molar-refractivity contribution is -0.291. The third-order valence-electron chi connectivity index (χ3n) is 1.93.